The van der Waals surface area contributed by atoms with E-state index >= 15 is 0 Å². The second-order valence-corrected chi connectivity index (χ2v) is 5.16. The van der Waals surface area contributed by atoms with E-state index in [1.165, 1.54) is 24.1 Å². The first-order valence-corrected chi connectivity index (χ1v) is 6.82. The first-order chi connectivity index (χ1) is 8.79. The summed E-state index contributed by atoms with van der Waals surface area (Å²) >= 11 is 0. The lowest BCUT2D eigenvalue weighted by molar-refractivity contribution is 0.0576. The van der Waals surface area contributed by atoms with Gasteiger partial charge in [-0.1, -0.05) is 12.1 Å². The van der Waals surface area contributed by atoms with Crippen LogP contribution in [0.3, 0.4) is 0 Å². The molecule has 1 aromatic rings. The lowest BCUT2D eigenvalue weighted by Crippen LogP contribution is -2.30. The number of anilines is 1. The number of hydrogen-bond acceptors (Lipinski definition) is 3. The molecule has 0 amide bonds. The van der Waals surface area contributed by atoms with Crippen LogP contribution in [0.1, 0.15) is 18.4 Å². The standard InChI is InChI=1S/C15H24N2O/c1-16-10-13-5-7-15(8-6-13)17(2)11-14-4-3-9-18-12-14/h5-8,14,16H,3-4,9-12H2,1-2H3. The van der Waals surface area contributed by atoms with E-state index in [0.717, 1.165) is 26.3 Å². The Morgan fingerprint density at radius 1 is 1.33 bits per heavy atom. The highest BCUT2D eigenvalue weighted by molar-refractivity contribution is 5.46. The molecule has 0 spiro atoms. The molecule has 1 aliphatic rings. The van der Waals surface area contributed by atoms with Crippen molar-refractivity contribution in [3.05, 3.63) is 29.8 Å². The van der Waals surface area contributed by atoms with E-state index in [0.29, 0.717) is 5.92 Å². The van der Waals surface area contributed by atoms with Gasteiger partial charge in [0.25, 0.3) is 0 Å². The summed E-state index contributed by atoms with van der Waals surface area (Å²) in [6, 6.07) is 8.80. The minimum absolute atomic E-state index is 0.681. The molecule has 100 valence electrons. The summed E-state index contributed by atoms with van der Waals surface area (Å²) in [4.78, 5) is 2.34. The van der Waals surface area contributed by atoms with Gasteiger partial charge in [0.15, 0.2) is 0 Å². The zero-order valence-corrected chi connectivity index (χ0v) is 11.5. The molecule has 1 fully saturated rings. The van der Waals surface area contributed by atoms with Crippen LogP contribution in [0.15, 0.2) is 24.3 Å². The largest absolute Gasteiger partial charge is 0.381 e. The molecule has 1 unspecified atom stereocenters. The number of rotatable bonds is 5. The summed E-state index contributed by atoms with van der Waals surface area (Å²) in [5, 5.41) is 3.17. The van der Waals surface area contributed by atoms with Crippen molar-refractivity contribution >= 4 is 5.69 Å². The number of nitrogens with zero attached hydrogens (tertiary/aromatic N) is 1. The summed E-state index contributed by atoms with van der Waals surface area (Å²) in [5.74, 6) is 0.681. The van der Waals surface area contributed by atoms with Crippen molar-refractivity contribution < 1.29 is 4.74 Å². The van der Waals surface area contributed by atoms with Crippen molar-refractivity contribution in [1.82, 2.24) is 5.32 Å². The van der Waals surface area contributed by atoms with Gasteiger partial charge in [0, 0.05) is 32.4 Å². The molecule has 0 aromatic heterocycles. The Morgan fingerprint density at radius 3 is 2.72 bits per heavy atom. The molecular weight excluding hydrogens is 224 g/mol. The molecule has 0 aliphatic carbocycles. The van der Waals surface area contributed by atoms with Gasteiger partial charge in [0.05, 0.1) is 6.61 Å². The van der Waals surface area contributed by atoms with Gasteiger partial charge in [-0.2, -0.15) is 0 Å². The smallest absolute Gasteiger partial charge is 0.0511 e. The van der Waals surface area contributed by atoms with E-state index in [4.69, 9.17) is 4.74 Å². The molecule has 1 aliphatic heterocycles. The van der Waals surface area contributed by atoms with Gasteiger partial charge in [-0.05, 0) is 43.5 Å². The molecule has 18 heavy (non-hydrogen) atoms. The molecule has 0 radical (unpaired) electrons. The predicted octanol–water partition coefficient (Wildman–Crippen LogP) is 2.27. The summed E-state index contributed by atoms with van der Waals surface area (Å²) in [7, 11) is 4.14. The zero-order valence-electron chi connectivity index (χ0n) is 11.5. The van der Waals surface area contributed by atoms with E-state index in [9.17, 15) is 0 Å². The normalized spacial score (nSPS) is 19.8. The van der Waals surface area contributed by atoms with Crippen molar-refractivity contribution in [1.29, 1.82) is 0 Å². The van der Waals surface area contributed by atoms with Crippen molar-refractivity contribution in [2.75, 3.05) is 38.8 Å². The van der Waals surface area contributed by atoms with Gasteiger partial charge in [0.2, 0.25) is 0 Å². The monoisotopic (exact) mass is 248 g/mol. The number of hydrogen-bond donors (Lipinski definition) is 1. The Bertz CT molecular complexity index is 344. The summed E-state index contributed by atoms with van der Waals surface area (Å²) in [6.07, 6.45) is 2.50. The maximum Gasteiger partial charge on any atom is 0.0511 e. The molecule has 1 aromatic carbocycles. The van der Waals surface area contributed by atoms with Crippen LogP contribution < -0.4 is 10.2 Å². The fourth-order valence-electron chi connectivity index (χ4n) is 2.52. The average molecular weight is 248 g/mol. The first-order valence-electron chi connectivity index (χ1n) is 6.82. The first kappa shape index (κ1) is 13.4. The quantitative estimate of drug-likeness (QED) is 0.865. The lowest BCUT2D eigenvalue weighted by atomic mass is 10.0. The Kier molecular flexibility index (Phi) is 5.02. The third kappa shape index (κ3) is 3.72. The lowest BCUT2D eigenvalue weighted by Gasteiger charge is -2.28. The number of ether oxygens (including phenoxy) is 1. The van der Waals surface area contributed by atoms with Gasteiger partial charge >= 0.3 is 0 Å². The Labute approximate surface area is 110 Å². The number of nitrogens with one attached hydrogen (secondary N) is 1. The SMILES string of the molecule is CNCc1ccc(N(C)CC2CCCOC2)cc1. The average Bonchev–Trinajstić information content (AvgIpc) is 2.41. The van der Waals surface area contributed by atoms with Crippen LogP contribution in [0.25, 0.3) is 0 Å². The Balaban J connectivity index is 1.89. The van der Waals surface area contributed by atoms with Crippen LogP contribution in [0.5, 0.6) is 0 Å². The highest BCUT2D eigenvalue weighted by Gasteiger charge is 2.16. The minimum atomic E-state index is 0.681. The van der Waals surface area contributed by atoms with Gasteiger partial charge in [-0.3, -0.25) is 0 Å². The highest BCUT2D eigenvalue weighted by atomic mass is 16.5. The van der Waals surface area contributed by atoms with Crippen LogP contribution in [0.4, 0.5) is 5.69 Å². The second-order valence-electron chi connectivity index (χ2n) is 5.16. The van der Waals surface area contributed by atoms with Crippen LogP contribution in [0, 0.1) is 5.92 Å². The van der Waals surface area contributed by atoms with Gasteiger partial charge in [0.1, 0.15) is 0 Å². The third-order valence-corrected chi connectivity index (χ3v) is 3.54. The van der Waals surface area contributed by atoms with Gasteiger partial charge in [-0.15, -0.1) is 0 Å². The molecule has 1 N–H and O–H groups in total. The topological polar surface area (TPSA) is 24.5 Å². The molecule has 3 nitrogen and oxygen atoms in total. The third-order valence-electron chi connectivity index (χ3n) is 3.54. The molecule has 1 saturated heterocycles. The number of benzene rings is 1. The van der Waals surface area contributed by atoms with Gasteiger partial charge < -0.3 is 15.0 Å². The van der Waals surface area contributed by atoms with Gasteiger partial charge in [-0.25, -0.2) is 0 Å². The second kappa shape index (κ2) is 6.76. The fraction of sp³-hybridized carbons (Fsp3) is 0.600. The Morgan fingerprint density at radius 2 is 2.11 bits per heavy atom. The van der Waals surface area contributed by atoms with E-state index in [1.807, 2.05) is 7.05 Å². The minimum Gasteiger partial charge on any atom is -0.381 e. The Hall–Kier alpha value is -1.06. The summed E-state index contributed by atoms with van der Waals surface area (Å²) < 4.78 is 5.53. The summed E-state index contributed by atoms with van der Waals surface area (Å²) in [5.41, 5.74) is 2.62. The highest BCUT2D eigenvalue weighted by Crippen LogP contribution is 2.19. The fourth-order valence-corrected chi connectivity index (χ4v) is 2.52. The van der Waals surface area contributed by atoms with Crippen molar-refractivity contribution in [2.45, 2.75) is 19.4 Å². The van der Waals surface area contributed by atoms with E-state index in [1.54, 1.807) is 0 Å². The van der Waals surface area contributed by atoms with Crippen molar-refractivity contribution in [2.24, 2.45) is 5.92 Å². The molecule has 3 heteroatoms. The molecule has 2 rings (SSSR count). The maximum absolute atomic E-state index is 5.53. The van der Waals surface area contributed by atoms with Crippen molar-refractivity contribution in [3.63, 3.8) is 0 Å². The van der Waals surface area contributed by atoms with E-state index < -0.39 is 0 Å². The van der Waals surface area contributed by atoms with Crippen LogP contribution >= 0.6 is 0 Å². The molecular formula is C15H24N2O. The van der Waals surface area contributed by atoms with Crippen molar-refractivity contribution in [3.8, 4) is 0 Å². The van der Waals surface area contributed by atoms with E-state index in [-0.39, 0.29) is 0 Å². The van der Waals surface area contributed by atoms with Crippen LogP contribution in [0.2, 0.25) is 0 Å². The van der Waals surface area contributed by atoms with Crippen LogP contribution in [-0.2, 0) is 11.3 Å². The van der Waals surface area contributed by atoms with Crippen LogP contribution in [-0.4, -0.2) is 33.9 Å². The molecule has 0 saturated carbocycles. The maximum atomic E-state index is 5.53. The molecule has 0 bridgehead atoms. The zero-order chi connectivity index (χ0) is 12.8. The molecule has 1 atom stereocenters. The summed E-state index contributed by atoms with van der Waals surface area (Å²) in [6.45, 7) is 3.88. The molecule has 1 heterocycles. The predicted molar refractivity (Wildman–Crippen MR) is 76.0 cm³/mol. The van der Waals surface area contributed by atoms with E-state index in [2.05, 4.69) is 41.5 Å².